The van der Waals surface area contributed by atoms with Gasteiger partial charge in [-0.3, -0.25) is 9.10 Å². The molecule has 0 aliphatic carbocycles. The number of carbonyl (C=O) groups is 2. The minimum Gasteiger partial charge on any atom is -0.497 e. The number of ether oxygens (including phenoxy) is 2. The first-order valence-corrected chi connectivity index (χ1v) is 12.4. The fraction of sp³-hybridized carbons (Fsp3) is 0.360. The third kappa shape index (κ3) is 5.77. The van der Waals surface area contributed by atoms with Crippen LogP contribution in [0, 0.1) is 0 Å². The lowest BCUT2D eigenvalue weighted by Crippen LogP contribution is -2.44. The Morgan fingerprint density at radius 1 is 1.12 bits per heavy atom. The van der Waals surface area contributed by atoms with Gasteiger partial charge in [0.1, 0.15) is 17.6 Å². The second-order valence-electron chi connectivity index (χ2n) is 8.88. The van der Waals surface area contributed by atoms with Crippen molar-refractivity contribution < 1.29 is 27.5 Å². The van der Waals surface area contributed by atoms with Crippen molar-refractivity contribution in [3.05, 3.63) is 59.7 Å². The zero-order valence-corrected chi connectivity index (χ0v) is 20.6. The van der Waals surface area contributed by atoms with E-state index in [9.17, 15) is 18.0 Å². The van der Waals surface area contributed by atoms with E-state index in [1.54, 1.807) is 63.2 Å². The van der Waals surface area contributed by atoms with Crippen LogP contribution >= 0.6 is 0 Å². The third-order valence-electron chi connectivity index (χ3n) is 5.24. The maximum atomic E-state index is 13.8. The van der Waals surface area contributed by atoms with E-state index in [1.165, 1.54) is 23.5 Å². The Hall–Kier alpha value is -3.33. The predicted octanol–water partition coefficient (Wildman–Crippen LogP) is 4.16. The zero-order chi connectivity index (χ0) is 24.9. The third-order valence-corrected chi connectivity index (χ3v) is 7.08. The summed E-state index contributed by atoms with van der Waals surface area (Å²) in [6.07, 6.45) is 2.62. The Labute approximate surface area is 200 Å². The molecule has 1 aliphatic rings. The van der Waals surface area contributed by atoms with Gasteiger partial charge in [-0.1, -0.05) is 18.2 Å². The number of fused-ring (bicyclic) bond motifs is 1. The fourth-order valence-corrected chi connectivity index (χ4v) is 5.44. The highest BCUT2D eigenvalue weighted by atomic mass is 32.2. The summed E-state index contributed by atoms with van der Waals surface area (Å²) in [5.74, 6) is 0.538. The first kappa shape index (κ1) is 25.3. The summed E-state index contributed by atoms with van der Waals surface area (Å²) < 4.78 is 39.2. The molecule has 2 aromatic carbocycles. The highest BCUT2D eigenvalue weighted by Crippen LogP contribution is 2.38. The van der Waals surface area contributed by atoms with Gasteiger partial charge in [-0.2, -0.15) is 0 Å². The van der Waals surface area contributed by atoms with E-state index < -0.39 is 27.8 Å². The molecule has 0 saturated carbocycles. The van der Waals surface area contributed by atoms with Crippen molar-refractivity contribution in [3.63, 3.8) is 0 Å². The molecular weight excluding hydrogens is 456 g/mol. The van der Waals surface area contributed by atoms with Gasteiger partial charge in [-0.15, -0.1) is 0 Å². The molecule has 1 amide bonds. The molecule has 0 saturated heterocycles. The lowest BCUT2D eigenvalue weighted by Gasteiger charge is -2.37. The SMILES string of the molecule is COc1ccc(S(=O)(=O)N2c3ccccc3C=C(C=O)C2CCCNC(=O)OC(C)(C)C)cc1. The van der Waals surface area contributed by atoms with Crippen molar-refractivity contribution >= 4 is 34.2 Å². The Bertz CT molecular complexity index is 1170. The largest absolute Gasteiger partial charge is 0.497 e. The van der Waals surface area contributed by atoms with Crippen LogP contribution in [0.2, 0.25) is 0 Å². The van der Waals surface area contributed by atoms with E-state index in [-0.39, 0.29) is 11.4 Å². The second kappa shape index (κ2) is 10.3. The van der Waals surface area contributed by atoms with Gasteiger partial charge >= 0.3 is 6.09 Å². The van der Waals surface area contributed by atoms with E-state index >= 15 is 0 Å². The number of hydrogen-bond donors (Lipinski definition) is 1. The van der Waals surface area contributed by atoms with Gasteiger partial charge in [0.25, 0.3) is 10.0 Å². The smallest absolute Gasteiger partial charge is 0.407 e. The Kier molecular flexibility index (Phi) is 7.66. The number of carbonyl (C=O) groups excluding carboxylic acids is 2. The Balaban J connectivity index is 1.89. The van der Waals surface area contributed by atoms with Gasteiger partial charge in [0.2, 0.25) is 0 Å². The van der Waals surface area contributed by atoms with Crippen LogP contribution in [-0.2, 0) is 19.6 Å². The number of sulfonamides is 1. The number of rotatable bonds is 8. The molecule has 1 N–H and O–H groups in total. The van der Waals surface area contributed by atoms with Gasteiger partial charge in [0.15, 0.2) is 0 Å². The van der Waals surface area contributed by atoms with Gasteiger partial charge < -0.3 is 14.8 Å². The highest BCUT2D eigenvalue weighted by molar-refractivity contribution is 7.92. The zero-order valence-electron chi connectivity index (χ0n) is 19.8. The van der Waals surface area contributed by atoms with E-state index in [1.807, 2.05) is 0 Å². The maximum absolute atomic E-state index is 13.8. The molecule has 2 aromatic rings. The maximum Gasteiger partial charge on any atom is 0.407 e. The van der Waals surface area contributed by atoms with Gasteiger partial charge in [-0.05, 0) is 75.6 Å². The van der Waals surface area contributed by atoms with E-state index in [0.717, 1.165) is 0 Å². The first-order chi connectivity index (χ1) is 16.1. The molecule has 0 aromatic heterocycles. The molecule has 34 heavy (non-hydrogen) atoms. The van der Waals surface area contributed by atoms with Crippen molar-refractivity contribution in [3.8, 4) is 5.75 Å². The van der Waals surface area contributed by atoms with Crippen molar-refractivity contribution in [2.75, 3.05) is 18.0 Å². The normalized spacial score (nSPS) is 15.7. The molecule has 3 rings (SSSR count). The summed E-state index contributed by atoms with van der Waals surface area (Å²) in [7, 11) is -2.50. The van der Waals surface area contributed by atoms with Crippen molar-refractivity contribution in [1.82, 2.24) is 5.32 Å². The molecule has 1 heterocycles. The summed E-state index contributed by atoms with van der Waals surface area (Å²) in [4.78, 5) is 24.0. The molecular formula is C25H30N2O6S. The summed E-state index contributed by atoms with van der Waals surface area (Å²) in [5, 5.41) is 2.68. The number of anilines is 1. The quantitative estimate of drug-likeness (QED) is 0.444. The minimum atomic E-state index is -4.00. The van der Waals surface area contributed by atoms with Gasteiger partial charge in [0, 0.05) is 12.1 Å². The fourth-order valence-electron chi connectivity index (χ4n) is 3.74. The summed E-state index contributed by atoms with van der Waals surface area (Å²) in [6.45, 7) is 5.59. The lowest BCUT2D eigenvalue weighted by molar-refractivity contribution is -0.105. The van der Waals surface area contributed by atoms with Crippen LogP contribution in [0.3, 0.4) is 0 Å². The van der Waals surface area contributed by atoms with E-state index in [2.05, 4.69) is 5.32 Å². The van der Waals surface area contributed by atoms with Gasteiger partial charge in [0.05, 0.1) is 23.7 Å². The van der Waals surface area contributed by atoms with Crippen LogP contribution in [0.5, 0.6) is 5.75 Å². The molecule has 182 valence electrons. The number of amides is 1. The molecule has 0 fully saturated rings. The number of nitrogens with one attached hydrogen (secondary N) is 1. The molecule has 1 aliphatic heterocycles. The molecule has 0 spiro atoms. The monoisotopic (exact) mass is 486 g/mol. The number of hydrogen-bond acceptors (Lipinski definition) is 6. The van der Waals surface area contributed by atoms with Crippen LogP contribution in [0.1, 0.15) is 39.2 Å². The van der Waals surface area contributed by atoms with Crippen molar-refractivity contribution in [2.24, 2.45) is 0 Å². The minimum absolute atomic E-state index is 0.0899. The molecule has 0 bridgehead atoms. The van der Waals surface area contributed by atoms with Crippen LogP contribution in [0.4, 0.5) is 10.5 Å². The Morgan fingerprint density at radius 3 is 2.41 bits per heavy atom. The number of benzene rings is 2. The van der Waals surface area contributed by atoms with Crippen LogP contribution < -0.4 is 14.4 Å². The molecule has 9 heteroatoms. The number of para-hydroxylation sites is 1. The Morgan fingerprint density at radius 2 is 1.79 bits per heavy atom. The summed E-state index contributed by atoms with van der Waals surface area (Å²) >= 11 is 0. The first-order valence-electron chi connectivity index (χ1n) is 11.0. The van der Waals surface area contributed by atoms with Crippen LogP contribution in [0.25, 0.3) is 6.08 Å². The topological polar surface area (TPSA) is 102 Å². The van der Waals surface area contributed by atoms with Gasteiger partial charge in [-0.25, -0.2) is 13.2 Å². The second-order valence-corrected chi connectivity index (χ2v) is 10.7. The van der Waals surface area contributed by atoms with E-state index in [4.69, 9.17) is 9.47 Å². The molecule has 0 radical (unpaired) electrons. The standard InChI is InChI=1S/C25H30N2O6S/c1-25(2,3)33-24(29)26-15-7-10-23-19(17-28)16-18-8-5-6-9-22(18)27(23)34(30,31)21-13-11-20(32-4)12-14-21/h5-6,8-9,11-14,16-17,23H,7,10,15H2,1-4H3,(H,26,29). The highest BCUT2D eigenvalue weighted by Gasteiger charge is 2.37. The molecule has 1 unspecified atom stereocenters. The number of methoxy groups -OCH3 is 1. The van der Waals surface area contributed by atoms with Crippen molar-refractivity contribution in [1.29, 1.82) is 0 Å². The van der Waals surface area contributed by atoms with Crippen LogP contribution in [0.15, 0.2) is 59.0 Å². The molecule has 8 nitrogen and oxygen atoms in total. The molecule has 1 atom stereocenters. The predicted molar refractivity (Wildman–Crippen MR) is 130 cm³/mol. The van der Waals surface area contributed by atoms with Crippen LogP contribution in [-0.4, -0.2) is 46.1 Å². The van der Waals surface area contributed by atoms with Crippen molar-refractivity contribution in [2.45, 2.75) is 50.2 Å². The summed E-state index contributed by atoms with van der Waals surface area (Å²) in [5.41, 5.74) is 0.875. The lowest BCUT2D eigenvalue weighted by atomic mass is 9.95. The summed E-state index contributed by atoms with van der Waals surface area (Å²) in [6, 6.07) is 12.5. The van der Waals surface area contributed by atoms with E-state index in [0.29, 0.717) is 41.7 Å². The number of aldehydes is 1. The average molecular weight is 487 g/mol. The number of alkyl carbamates (subject to hydrolysis) is 1. The average Bonchev–Trinajstić information content (AvgIpc) is 2.79. The number of nitrogens with zero attached hydrogens (tertiary/aromatic N) is 1.